The van der Waals surface area contributed by atoms with Gasteiger partial charge in [0.25, 0.3) is 0 Å². The number of phenols is 2. The molecule has 0 saturated heterocycles. The zero-order chi connectivity index (χ0) is 29.1. The molecule has 6 nitrogen and oxygen atoms in total. The molecule has 4 aromatic rings. The molecule has 0 amide bonds. The minimum atomic E-state index is -2.96. The fraction of sp³-hybridized carbons (Fsp3) is 0.0667. The maximum absolute atomic E-state index is 12.0. The van der Waals surface area contributed by atoms with Gasteiger partial charge in [-0.25, -0.2) is 0 Å². The van der Waals surface area contributed by atoms with Crippen LogP contribution in [0.25, 0.3) is 0 Å². The van der Waals surface area contributed by atoms with Crippen molar-refractivity contribution in [2.24, 2.45) is 0 Å². The molecule has 0 aliphatic rings. The number of benzene rings is 4. The lowest BCUT2D eigenvalue weighted by atomic mass is 10.0. The third-order valence-electron chi connectivity index (χ3n) is 4.93. The molecule has 0 aliphatic carbocycles. The predicted molar refractivity (Wildman–Crippen MR) is 137 cm³/mol. The van der Waals surface area contributed by atoms with Crippen LogP contribution in [0.3, 0.4) is 0 Å². The van der Waals surface area contributed by atoms with Crippen LogP contribution in [-0.2, 0) is 0 Å². The Hall–Kier alpha value is -5.30. The maximum Gasteiger partial charge on any atom is 0.387 e. The summed E-state index contributed by atoms with van der Waals surface area (Å²) in [7, 11) is 0. The van der Waals surface area contributed by atoms with Crippen molar-refractivity contribution in [3.63, 3.8) is 0 Å². The number of Topliss-reactive ketones (excluding diaryl/α,β-unsaturated/α-hetero) is 2. The second-order valence-corrected chi connectivity index (χ2v) is 7.81. The van der Waals surface area contributed by atoms with Gasteiger partial charge in [0.2, 0.25) is 11.6 Å². The quantitative estimate of drug-likeness (QED) is 0.118. The molecular weight excluding hydrogens is 532 g/mol. The van der Waals surface area contributed by atoms with Gasteiger partial charge in [-0.1, -0.05) is 30.0 Å². The summed E-state index contributed by atoms with van der Waals surface area (Å²) < 4.78 is 56.3. The van der Waals surface area contributed by atoms with Crippen molar-refractivity contribution in [1.82, 2.24) is 0 Å². The first-order valence-corrected chi connectivity index (χ1v) is 11.4. The summed E-state index contributed by atoms with van der Waals surface area (Å²) in [5.41, 5.74) is 1.44. The second-order valence-electron chi connectivity index (χ2n) is 7.81. The fourth-order valence-corrected chi connectivity index (χ4v) is 3.14. The van der Waals surface area contributed by atoms with Crippen LogP contribution in [-0.4, -0.2) is 35.0 Å². The lowest BCUT2D eigenvalue weighted by Crippen LogP contribution is -2.14. The Morgan fingerprint density at radius 1 is 0.575 bits per heavy atom. The van der Waals surface area contributed by atoms with E-state index >= 15 is 0 Å². The summed E-state index contributed by atoms with van der Waals surface area (Å²) in [5, 5.41) is 18.6. The SMILES string of the molecule is O=C(C(=O)c1cccc(O)c1)c1ccc(OC(F)F)cc1.Oc1cccc(C#Cc2ccc(OC(F)F)cc2)c1. The van der Waals surface area contributed by atoms with E-state index in [4.69, 9.17) is 0 Å². The van der Waals surface area contributed by atoms with Gasteiger partial charge in [-0.05, 0) is 78.9 Å². The summed E-state index contributed by atoms with van der Waals surface area (Å²) in [6.45, 7) is -5.79. The van der Waals surface area contributed by atoms with E-state index in [0.717, 1.165) is 0 Å². The average Bonchev–Trinajstić information content (AvgIpc) is 2.92. The number of ketones is 2. The number of alkyl halides is 4. The van der Waals surface area contributed by atoms with Crippen molar-refractivity contribution < 1.29 is 46.8 Å². The molecule has 204 valence electrons. The molecule has 0 unspecified atom stereocenters. The molecule has 0 spiro atoms. The lowest BCUT2D eigenvalue weighted by molar-refractivity contribution is -0.0505. The highest BCUT2D eigenvalue weighted by atomic mass is 19.3. The van der Waals surface area contributed by atoms with E-state index in [1.165, 1.54) is 60.7 Å². The molecular formula is C30H20F4O6. The minimum Gasteiger partial charge on any atom is -0.508 e. The molecule has 0 radical (unpaired) electrons. The van der Waals surface area contributed by atoms with Crippen molar-refractivity contribution in [2.45, 2.75) is 13.2 Å². The second kappa shape index (κ2) is 14.0. The molecule has 0 atom stereocenters. The molecule has 4 aromatic carbocycles. The summed E-state index contributed by atoms with van der Waals surface area (Å²) >= 11 is 0. The summed E-state index contributed by atoms with van der Waals surface area (Å²) in [6, 6.07) is 22.8. The van der Waals surface area contributed by atoms with Crippen LogP contribution in [0.5, 0.6) is 23.0 Å². The smallest absolute Gasteiger partial charge is 0.387 e. The number of carbonyl (C=O) groups excluding carboxylic acids is 2. The van der Waals surface area contributed by atoms with E-state index in [-0.39, 0.29) is 34.1 Å². The Balaban J connectivity index is 0.000000222. The van der Waals surface area contributed by atoms with Crippen LogP contribution < -0.4 is 9.47 Å². The van der Waals surface area contributed by atoms with Crippen LogP contribution in [0.15, 0.2) is 97.1 Å². The first kappa shape index (κ1) is 29.3. The van der Waals surface area contributed by atoms with Crippen molar-refractivity contribution >= 4 is 11.6 Å². The number of hydrogen-bond acceptors (Lipinski definition) is 6. The third kappa shape index (κ3) is 9.22. The molecule has 0 aliphatic heterocycles. The number of halogens is 4. The zero-order valence-electron chi connectivity index (χ0n) is 20.4. The van der Waals surface area contributed by atoms with Gasteiger partial charge in [-0.3, -0.25) is 9.59 Å². The number of phenolic OH excluding ortho intramolecular Hbond substituents is 2. The summed E-state index contributed by atoms with van der Waals surface area (Å²) in [6.07, 6.45) is 0. The molecule has 4 rings (SSSR count). The number of carbonyl (C=O) groups is 2. The zero-order valence-corrected chi connectivity index (χ0v) is 20.4. The molecule has 0 aromatic heterocycles. The van der Waals surface area contributed by atoms with Crippen molar-refractivity contribution in [3.8, 4) is 34.8 Å². The average molecular weight is 552 g/mol. The number of aromatic hydroxyl groups is 2. The third-order valence-corrected chi connectivity index (χ3v) is 4.93. The van der Waals surface area contributed by atoms with Gasteiger partial charge in [0.15, 0.2) is 0 Å². The predicted octanol–water partition coefficient (Wildman–Crippen LogP) is 6.45. The Morgan fingerprint density at radius 2 is 1.05 bits per heavy atom. The molecule has 40 heavy (non-hydrogen) atoms. The van der Waals surface area contributed by atoms with Crippen LogP contribution in [0.2, 0.25) is 0 Å². The van der Waals surface area contributed by atoms with Crippen LogP contribution in [0, 0.1) is 11.8 Å². The number of rotatable bonds is 7. The first-order chi connectivity index (χ1) is 19.1. The minimum absolute atomic E-state index is 0.0463. The van der Waals surface area contributed by atoms with E-state index in [1.807, 2.05) is 0 Å². The molecule has 10 heteroatoms. The van der Waals surface area contributed by atoms with Gasteiger partial charge in [0, 0.05) is 22.3 Å². The van der Waals surface area contributed by atoms with Gasteiger partial charge < -0.3 is 19.7 Å². The first-order valence-electron chi connectivity index (χ1n) is 11.4. The Bertz CT molecular complexity index is 1510. The van der Waals surface area contributed by atoms with Crippen molar-refractivity contribution in [2.75, 3.05) is 0 Å². The van der Waals surface area contributed by atoms with Crippen LogP contribution in [0.1, 0.15) is 31.8 Å². The van der Waals surface area contributed by atoms with Crippen LogP contribution in [0.4, 0.5) is 17.6 Å². The molecule has 0 heterocycles. The van der Waals surface area contributed by atoms with Gasteiger partial charge in [0.05, 0.1) is 0 Å². The van der Waals surface area contributed by atoms with Crippen molar-refractivity contribution in [1.29, 1.82) is 0 Å². The van der Waals surface area contributed by atoms with E-state index in [0.29, 0.717) is 11.1 Å². The van der Waals surface area contributed by atoms with E-state index < -0.39 is 24.8 Å². The van der Waals surface area contributed by atoms with E-state index in [9.17, 15) is 37.4 Å². The highest BCUT2D eigenvalue weighted by Crippen LogP contribution is 2.18. The molecule has 0 fully saturated rings. The highest BCUT2D eigenvalue weighted by molar-refractivity contribution is 6.49. The Morgan fingerprint density at radius 3 is 1.57 bits per heavy atom. The highest BCUT2D eigenvalue weighted by Gasteiger charge is 2.19. The largest absolute Gasteiger partial charge is 0.508 e. The lowest BCUT2D eigenvalue weighted by Gasteiger charge is -2.05. The maximum atomic E-state index is 12.0. The van der Waals surface area contributed by atoms with Crippen LogP contribution >= 0.6 is 0 Å². The monoisotopic (exact) mass is 552 g/mol. The van der Waals surface area contributed by atoms with Crippen molar-refractivity contribution in [3.05, 3.63) is 119 Å². The summed E-state index contributed by atoms with van der Waals surface area (Å²) in [4.78, 5) is 23.9. The van der Waals surface area contributed by atoms with Gasteiger partial charge in [-0.15, -0.1) is 0 Å². The topological polar surface area (TPSA) is 93.1 Å². The van der Waals surface area contributed by atoms with Gasteiger partial charge in [0.1, 0.15) is 23.0 Å². The standard InChI is InChI=1S/C15H10F2O4.C15H10F2O2/c16-15(17)21-12-6-4-9(5-7-12)13(19)14(20)10-2-1-3-11(18)8-10;16-15(17)19-14-8-6-11(7-9-14)4-5-12-2-1-3-13(18)10-12/h1-8,15,18H;1-3,6-10,15,18H. The Labute approximate surface area is 226 Å². The van der Waals surface area contributed by atoms with E-state index in [1.54, 1.807) is 36.4 Å². The van der Waals surface area contributed by atoms with E-state index in [2.05, 4.69) is 21.3 Å². The normalized spacial score (nSPS) is 10.2. The van der Waals surface area contributed by atoms with Gasteiger partial charge >= 0.3 is 13.2 Å². The summed E-state index contributed by atoms with van der Waals surface area (Å²) in [5.74, 6) is 4.13. The number of hydrogen-bond donors (Lipinski definition) is 2. The van der Waals surface area contributed by atoms with Gasteiger partial charge in [-0.2, -0.15) is 17.6 Å². The Kier molecular flexibility index (Phi) is 10.3. The fourth-order valence-electron chi connectivity index (χ4n) is 3.14. The number of ether oxygens (including phenoxy) is 2. The molecule has 0 saturated carbocycles. The molecule has 0 bridgehead atoms. The molecule has 2 N–H and O–H groups in total.